The van der Waals surface area contributed by atoms with E-state index < -0.39 is 23.5 Å². The third-order valence-corrected chi connectivity index (χ3v) is 8.77. The number of rotatable bonds is 8. The standard InChI is InChI=1S/C25H34F6NO.BrH/c1-3-4-5-6-11-33-22-16-32(10-9-18-7-8-21(22)23(18,32)2)15-17-12-19(24(26,27)28)14-20(13-17)25(29,30)31;/h12-14,18,21-22H,3-11,15-16H2,1-2H3;1H/q+1;/p-1/t18-,21+,22-,23+,32+;/m0./s1. The van der Waals surface area contributed by atoms with Crippen molar-refractivity contribution in [2.24, 2.45) is 11.8 Å². The third-order valence-electron chi connectivity index (χ3n) is 8.77. The highest BCUT2D eigenvalue weighted by molar-refractivity contribution is 5.33. The number of nitrogens with zero attached hydrogens (tertiary/aromatic N) is 1. The summed E-state index contributed by atoms with van der Waals surface area (Å²) >= 11 is 0. The van der Waals surface area contributed by atoms with Crippen LogP contribution in [0.4, 0.5) is 26.3 Å². The summed E-state index contributed by atoms with van der Waals surface area (Å²) in [7, 11) is 0. The molecule has 0 unspecified atom stereocenters. The molecular weight excluding hydrogens is 524 g/mol. The van der Waals surface area contributed by atoms with Gasteiger partial charge in [0.1, 0.15) is 24.7 Å². The molecule has 1 aliphatic carbocycles. The molecule has 0 amide bonds. The second-order valence-corrected chi connectivity index (χ2v) is 10.5. The number of hydrogen-bond acceptors (Lipinski definition) is 1. The SMILES string of the molecule is CCCCCCO[C@H]1C[N@+]2(Cc3cc(C(F)(F)F)cc(C(F)(F)F)c3)CC[C@@H]3CC[C@H]1[C@@]32C.[Br-]. The molecule has 0 aromatic heterocycles. The normalized spacial score (nSPS) is 32.6. The Balaban J connectivity index is 0.00000324. The van der Waals surface area contributed by atoms with E-state index in [1.807, 2.05) is 0 Å². The molecule has 0 spiro atoms. The number of unbranched alkanes of at least 4 members (excludes halogenated alkanes) is 3. The molecular formula is C25H34BrF6NO. The zero-order valence-electron chi connectivity index (χ0n) is 19.7. The van der Waals surface area contributed by atoms with Crippen LogP contribution >= 0.6 is 0 Å². The first-order valence-electron chi connectivity index (χ1n) is 12.2. The van der Waals surface area contributed by atoms with Gasteiger partial charge in [-0.05, 0) is 44.4 Å². The average molecular weight is 558 g/mol. The van der Waals surface area contributed by atoms with Gasteiger partial charge in [0.2, 0.25) is 0 Å². The number of halogens is 7. The number of quaternary nitrogens is 1. The molecule has 5 atom stereocenters. The maximum absolute atomic E-state index is 13.4. The number of ether oxygens (including phenoxy) is 1. The van der Waals surface area contributed by atoms with Crippen molar-refractivity contribution in [3.8, 4) is 0 Å². The highest BCUT2D eigenvalue weighted by atomic mass is 79.9. The fraction of sp³-hybridized carbons (Fsp3) is 0.760. The molecule has 2 aliphatic heterocycles. The van der Waals surface area contributed by atoms with Gasteiger partial charge < -0.3 is 26.2 Å². The predicted molar refractivity (Wildman–Crippen MR) is 113 cm³/mol. The summed E-state index contributed by atoms with van der Waals surface area (Å²) in [5, 5.41) is 0. The molecule has 2 saturated heterocycles. The summed E-state index contributed by atoms with van der Waals surface area (Å²) < 4.78 is 87.4. The summed E-state index contributed by atoms with van der Waals surface area (Å²) in [5.41, 5.74) is -2.48. The van der Waals surface area contributed by atoms with Crippen LogP contribution in [-0.4, -0.2) is 35.8 Å². The number of alkyl halides is 6. The second-order valence-electron chi connectivity index (χ2n) is 10.5. The van der Waals surface area contributed by atoms with Crippen LogP contribution in [0, 0.1) is 11.8 Å². The Labute approximate surface area is 208 Å². The molecule has 3 aliphatic rings. The average Bonchev–Trinajstić information content (AvgIpc) is 3.29. The minimum Gasteiger partial charge on any atom is -1.00 e. The van der Waals surface area contributed by atoms with E-state index in [1.165, 1.54) is 0 Å². The van der Waals surface area contributed by atoms with E-state index in [0.29, 0.717) is 29.5 Å². The molecule has 1 aromatic carbocycles. The lowest BCUT2D eigenvalue weighted by atomic mass is 9.83. The van der Waals surface area contributed by atoms with Crippen molar-refractivity contribution in [3.05, 3.63) is 34.9 Å². The minimum absolute atomic E-state index is 0. The third kappa shape index (κ3) is 4.90. The van der Waals surface area contributed by atoms with Crippen molar-refractivity contribution in [1.29, 1.82) is 0 Å². The summed E-state index contributed by atoms with van der Waals surface area (Å²) in [4.78, 5) is 0. The minimum atomic E-state index is -4.82. The Bertz CT molecular complexity index is 827. The van der Waals surface area contributed by atoms with E-state index in [1.54, 1.807) is 0 Å². The predicted octanol–water partition coefficient (Wildman–Crippen LogP) is 4.21. The lowest BCUT2D eigenvalue weighted by molar-refractivity contribution is -0.966. The van der Waals surface area contributed by atoms with Gasteiger partial charge in [0, 0.05) is 30.4 Å². The molecule has 1 aromatic rings. The van der Waals surface area contributed by atoms with Crippen LogP contribution in [0.25, 0.3) is 0 Å². The van der Waals surface area contributed by atoms with Gasteiger partial charge in [-0.3, -0.25) is 0 Å². The van der Waals surface area contributed by atoms with Crippen molar-refractivity contribution in [1.82, 2.24) is 0 Å². The first-order valence-corrected chi connectivity index (χ1v) is 12.2. The summed E-state index contributed by atoms with van der Waals surface area (Å²) in [6.45, 7) is 6.67. The van der Waals surface area contributed by atoms with Crippen LogP contribution in [0.1, 0.15) is 75.5 Å². The maximum atomic E-state index is 13.4. The Morgan fingerprint density at radius 3 is 2.18 bits per heavy atom. The van der Waals surface area contributed by atoms with Gasteiger partial charge >= 0.3 is 12.4 Å². The Hall–Kier alpha value is -0.800. The molecule has 0 N–H and O–H groups in total. The van der Waals surface area contributed by atoms with Gasteiger partial charge in [-0.15, -0.1) is 0 Å². The molecule has 0 radical (unpaired) electrons. The molecule has 2 nitrogen and oxygen atoms in total. The fourth-order valence-electron chi connectivity index (χ4n) is 7.12. The summed E-state index contributed by atoms with van der Waals surface area (Å²) in [6, 6.07) is 2.06. The van der Waals surface area contributed by atoms with E-state index in [9.17, 15) is 26.3 Å². The van der Waals surface area contributed by atoms with E-state index in [-0.39, 0.29) is 46.8 Å². The highest BCUT2D eigenvalue weighted by Gasteiger charge is 2.71. The molecule has 1 saturated carbocycles. The summed E-state index contributed by atoms with van der Waals surface area (Å²) in [5.74, 6) is 0.758. The first kappa shape index (κ1) is 27.8. The van der Waals surface area contributed by atoms with Crippen LogP contribution in [-0.2, 0) is 23.6 Å². The molecule has 34 heavy (non-hydrogen) atoms. The molecule has 0 bridgehead atoms. The van der Waals surface area contributed by atoms with Crippen LogP contribution < -0.4 is 17.0 Å². The van der Waals surface area contributed by atoms with Gasteiger partial charge in [0.25, 0.3) is 0 Å². The summed E-state index contributed by atoms with van der Waals surface area (Å²) in [6.07, 6.45) is -2.16. The monoisotopic (exact) mass is 557 g/mol. The molecule has 3 fully saturated rings. The van der Waals surface area contributed by atoms with Crippen LogP contribution in [0.5, 0.6) is 0 Å². The zero-order chi connectivity index (χ0) is 24.1. The Morgan fingerprint density at radius 2 is 1.59 bits per heavy atom. The number of benzene rings is 1. The quantitative estimate of drug-likeness (QED) is 0.264. The van der Waals surface area contributed by atoms with Gasteiger partial charge in [-0.25, -0.2) is 0 Å². The number of hydrogen-bond donors (Lipinski definition) is 0. The van der Waals surface area contributed by atoms with Crippen molar-refractivity contribution in [2.75, 3.05) is 19.7 Å². The zero-order valence-corrected chi connectivity index (χ0v) is 21.3. The smallest absolute Gasteiger partial charge is 0.416 e. The van der Waals surface area contributed by atoms with Gasteiger partial charge in [-0.2, -0.15) is 26.3 Å². The first-order chi connectivity index (χ1) is 15.4. The van der Waals surface area contributed by atoms with Gasteiger partial charge in [-0.1, -0.05) is 26.2 Å². The Morgan fingerprint density at radius 1 is 0.941 bits per heavy atom. The molecule has 4 rings (SSSR count). The molecule has 9 heteroatoms. The topological polar surface area (TPSA) is 9.23 Å². The lowest BCUT2D eigenvalue weighted by Crippen LogP contribution is -3.00. The lowest BCUT2D eigenvalue weighted by Gasteiger charge is -2.44. The van der Waals surface area contributed by atoms with Gasteiger partial charge in [0.05, 0.1) is 17.7 Å². The maximum Gasteiger partial charge on any atom is 0.416 e. The van der Waals surface area contributed by atoms with Crippen LogP contribution in [0.15, 0.2) is 18.2 Å². The van der Waals surface area contributed by atoms with Crippen molar-refractivity contribution in [3.63, 3.8) is 0 Å². The highest BCUT2D eigenvalue weighted by Crippen LogP contribution is 2.61. The van der Waals surface area contributed by atoms with E-state index in [4.69, 9.17) is 4.74 Å². The van der Waals surface area contributed by atoms with Crippen LogP contribution in [0.2, 0.25) is 0 Å². The molecule has 194 valence electrons. The van der Waals surface area contributed by atoms with E-state index in [0.717, 1.165) is 63.6 Å². The van der Waals surface area contributed by atoms with Crippen molar-refractivity contribution >= 4 is 0 Å². The Kier molecular flexibility index (Phi) is 8.11. The van der Waals surface area contributed by atoms with E-state index in [2.05, 4.69) is 13.8 Å². The van der Waals surface area contributed by atoms with Gasteiger partial charge in [0.15, 0.2) is 0 Å². The van der Waals surface area contributed by atoms with E-state index >= 15 is 0 Å². The van der Waals surface area contributed by atoms with Crippen LogP contribution in [0.3, 0.4) is 0 Å². The molecule has 2 heterocycles. The fourth-order valence-corrected chi connectivity index (χ4v) is 7.12. The largest absolute Gasteiger partial charge is 1.00 e. The van der Waals surface area contributed by atoms with Crippen molar-refractivity contribution in [2.45, 2.75) is 89.3 Å². The van der Waals surface area contributed by atoms with Crippen molar-refractivity contribution < 1.29 is 52.5 Å². The second kappa shape index (κ2) is 9.92.